The molecule has 35 heavy (non-hydrogen) atoms. The van der Waals surface area contributed by atoms with Crippen LogP contribution in [0.1, 0.15) is 117 Å². The smallest absolute Gasteiger partial charge is 0.0711 e. The minimum Gasteiger partial charge on any atom is -0.392 e. The first kappa shape index (κ1) is 25.8. The Labute approximate surface area is 215 Å². The Hall–Kier alpha value is -0.860. The van der Waals surface area contributed by atoms with Gasteiger partial charge in [0.05, 0.1) is 11.7 Å². The van der Waals surface area contributed by atoms with Gasteiger partial charge < -0.3 is 10.2 Å². The zero-order valence-corrected chi connectivity index (χ0v) is 23.2. The molecule has 4 saturated carbocycles. The first-order chi connectivity index (χ1) is 16.6. The Morgan fingerprint density at radius 3 is 2.34 bits per heavy atom. The predicted molar refractivity (Wildman–Crippen MR) is 145 cm³/mol. The van der Waals surface area contributed by atoms with Crippen LogP contribution in [0.15, 0.2) is 30.3 Å². The molecule has 0 bridgehead atoms. The average Bonchev–Trinajstić information content (AvgIpc) is 3.17. The van der Waals surface area contributed by atoms with Gasteiger partial charge in [-0.15, -0.1) is 0 Å². The van der Waals surface area contributed by atoms with Gasteiger partial charge >= 0.3 is 0 Å². The van der Waals surface area contributed by atoms with Crippen molar-refractivity contribution in [3.8, 4) is 0 Å². The van der Waals surface area contributed by atoms with Crippen LogP contribution in [-0.4, -0.2) is 21.9 Å². The Morgan fingerprint density at radius 2 is 1.63 bits per heavy atom. The zero-order chi connectivity index (χ0) is 25.0. The molecule has 4 aliphatic rings. The topological polar surface area (TPSA) is 40.5 Å². The molecular formula is C33H52O2. The molecule has 0 aromatic heterocycles. The largest absolute Gasteiger partial charge is 0.392 e. The van der Waals surface area contributed by atoms with E-state index in [0.717, 1.165) is 48.9 Å². The first-order valence-corrected chi connectivity index (χ1v) is 15.0. The fourth-order valence-electron chi connectivity index (χ4n) is 10.3. The Bertz CT molecular complexity index is 865. The molecule has 0 amide bonds. The van der Waals surface area contributed by atoms with Crippen LogP contribution in [0.3, 0.4) is 0 Å². The summed E-state index contributed by atoms with van der Waals surface area (Å²) in [5.41, 5.74) is 0.857. The molecule has 2 N–H and O–H groups in total. The molecular weight excluding hydrogens is 428 g/mol. The summed E-state index contributed by atoms with van der Waals surface area (Å²) in [7, 11) is 0. The van der Waals surface area contributed by atoms with Crippen molar-refractivity contribution in [1.82, 2.24) is 0 Å². The highest BCUT2D eigenvalue weighted by Gasteiger charge is 2.65. The van der Waals surface area contributed by atoms with Crippen LogP contribution in [0.5, 0.6) is 0 Å². The highest BCUT2D eigenvalue weighted by Crippen LogP contribution is 2.70. The van der Waals surface area contributed by atoms with E-state index in [1.807, 2.05) is 6.07 Å². The molecule has 1 aromatic rings. The van der Waals surface area contributed by atoms with Gasteiger partial charge in [-0.05, 0) is 97.9 Å². The summed E-state index contributed by atoms with van der Waals surface area (Å²) in [4.78, 5) is 0. The molecule has 5 rings (SSSR count). The fraction of sp³-hybridized carbons (Fsp3) is 0.818. The number of rotatable bonds is 6. The Morgan fingerprint density at radius 1 is 0.886 bits per heavy atom. The highest BCUT2D eigenvalue weighted by molar-refractivity contribution is 5.26. The number of benzene rings is 1. The Kier molecular flexibility index (Phi) is 6.97. The number of hydrogen-bond acceptors (Lipinski definition) is 2. The maximum absolute atomic E-state index is 12.2. The van der Waals surface area contributed by atoms with Crippen LogP contribution in [0, 0.1) is 46.3 Å². The van der Waals surface area contributed by atoms with Crippen LogP contribution in [-0.2, 0) is 0 Å². The molecule has 1 aromatic carbocycles. The van der Waals surface area contributed by atoms with E-state index in [-0.39, 0.29) is 17.4 Å². The zero-order valence-electron chi connectivity index (χ0n) is 23.2. The lowest BCUT2D eigenvalue weighted by molar-refractivity contribution is -0.224. The van der Waals surface area contributed by atoms with Crippen molar-refractivity contribution in [1.29, 1.82) is 0 Å². The van der Waals surface area contributed by atoms with Gasteiger partial charge in [0.15, 0.2) is 0 Å². The van der Waals surface area contributed by atoms with Crippen LogP contribution >= 0.6 is 0 Å². The van der Waals surface area contributed by atoms with Crippen molar-refractivity contribution in [2.24, 2.45) is 46.3 Å². The van der Waals surface area contributed by atoms with Crippen molar-refractivity contribution in [2.45, 2.75) is 123 Å². The molecule has 0 spiro atoms. The maximum Gasteiger partial charge on any atom is 0.0711 e. The van der Waals surface area contributed by atoms with Gasteiger partial charge in [-0.2, -0.15) is 0 Å². The summed E-state index contributed by atoms with van der Waals surface area (Å²) in [6.45, 7) is 12.3. The lowest BCUT2D eigenvalue weighted by Crippen LogP contribution is -2.64. The van der Waals surface area contributed by atoms with Crippen molar-refractivity contribution in [3.63, 3.8) is 0 Å². The standard InChI is InChI=1S/C33H52O2/c1-22(2)10-9-11-23(3)27-14-15-28-25-16-19-33(35)20-26(24-12-7-6-8-13-24)30(34)21-32(33,5)29(25)17-18-31(27,28)4/h6-8,12-13,22-23,25-30,34-35H,9-11,14-21H2,1-5H3/t23-,25+,26+,27-,28+,29+,30-,31-,32-,33-/m1/s1. The van der Waals surface area contributed by atoms with E-state index in [2.05, 4.69) is 58.9 Å². The molecule has 0 unspecified atom stereocenters. The molecule has 0 aliphatic heterocycles. The van der Waals surface area contributed by atoms with Crippen LogP contribution in [0.2, 0.25) is 0 Å². The summed E-state index contributed by atoms with van der Waals surface area (Å²) in [6.07, 6.45) is 12.7. The minimum atomic E-state index is -0.649. The molecule has 0 radical (unpaired) electrons. The van der Waals surface area contributed by atoms with Crippen molar-refractivity contribution >= 4 is 0 Å². The normalized spacial score (nSPS) is 46.1. The van der Waals surface area contributed by atoms with Gasteiger partial charge in [-0.1, -0.05) is 84.2 Å². The summed E-state index contributed by atoms with van der Waals surface area (Å²) in [5, 5.41) is 23.6. The second kappa shape index (κ2) is 9.46. The summed E-state index contributed by atoms with van der Waals surface area (Å²) < 4.78 is 0. The van der Waals surface area contributed by atoms with Gasteiger partial charge in [0.25, 0.3) is 0 Å². The van der Waals surface area contributed by atoms with E-state index in [9.17, 15) is 10.2 Å². The molecule has 2 nitrogen and oxygen atoms in total. The van der Waals surface area contributed by atoms with Gasteiger partial charge in [-0.3, -0.25) is 0 Å². The van der Waals surface area contributed by atoms with E-state index in [1.165, 1.54) is 56.9 Å². The number of aliphatic hydroxyl groups excluding tert-OH is 1. The quantitative estimate of drug-likeness (QED) is 0.433. The second-order valence-electron chi connectivity index (χ2n) is 14.4. The van der Waals surface area contributed by atoms with Gasteiger partial charge in [0, 0.05) is 11.3 Å². The van der Waals surface area contributed by atoms with Crippen LogP contribution < -0.4 is 0 Å². The lowest BCUT2D eigenvalue weighted by Gasteiger charge is -2.65. The van der Waals surface area contributed by atoms with E-state index >= 15 is 0 Å². The van der Waals surface area contributed by atoms with E-state index < -0.39 is 5.60 Å². The molecule has 10 atom stereocenters. The molecule has 2 heteroatoms. The van der Waals surface area contributed by atoms with E-state index in [4.69, 9.17) is 0 Å². The summed E-state index contributed by atoms with van der Waals surface area (Å²) in [5.74, 6) is 4.67. The van der Waals surface area contributed by atoms with Gasteiger partial charge in [0.2, 0.25) is 0 Å². The number of aliphatic hydroxyl groups is 2. The van der Waals surface area contributed by atoms with Crippen molar-refractivity contribution in [2.75, 3.05) is 0 Å². The average molecular weight is 481 g/mol. The van der Waals surface area contributed by atoms with Gasteiger partial charge in [0.1, 0.15) is 0 Å². The van der Waals surface area contributed by atoms with Crippen molar-refractivity contribution < 1.29 is 10.2 Å². The molecule has 0 heterocycles. The second-order valence-corrected chi connectivity index (χ2v) is 14.4. The van der Waals surface area contributed by atoms with Crippen LogP contribution in [0.25, 0.3) is 0 Å². The first-order valence-electron chi connectivity index (χ1n) is 15.0. The summed E-state index contributed by atoms with van der Waals surface area (Å²) >= 11 is 0. The SMILES string of the molecule is CC(C)CCC[C@@H](C)[C@H]1CC[C@H]2[C@@H]3CC[C@@]4(O)C[C@@H](c5ccccc5)[C@H](O)C[C@]4(C)[C@H]3CC[C@]12C. The van der Waals surface area contributed by atoms with Crippen molar-refractivity contribution in [3.05, 3.63) is 35.9 Å². The third-order valence-electron chi connectivity index (χ3n) is 12.3. The van der Waals surface area contributed by atoms with Crippen LogP contribution in [0.4, 0.5) is 0 Å². The molecule has 4 fully saturated rings. The third-order valence-corrected chi connectivity index (χ3v) is 12.3. The lowest BCUT2D eigenvalue weighted by atomic mass is 9.42. The van der Waals surface area contributed by atoms with Gasteiger partial charge in [-0.25, -0.2) is 0 Å². The third kappa shape index (κ3) is 4.23. The Balaban J connectivity index is 1.33. The fourth-order valence-corrected chi connectivity index (χ4v) is 10.3. The van der Waals surface area contributed by atoms with E-state index in [1.54, 1.807) is 0 Å². The monoisotopic (exact) mass is 480 g/mol. The number of hydrogen-bond donors (Lipinski definition) is 2. The molecule has 4 aliphatic carbocycles. The van der Waals surface area contributed by atoms with E-state index in [0.29, 0.717) is 11.3 Å². The highest BCUT2D eigenvalue weighted by atomic mass is 16.3. The number of fused-ring (bicyclic) bond motifs is 5. The molecule has 196 valence electrons. The maximum atomic E-state index is 12.2. The summed E-state index contributed by atoms with van der Waals surface area (Å²) in [6, 6.07) is 10.5. The predicted octanol–water partition coefficient (Wildman–Crippen LogP) is 7.98. The minimum absolute atomic E-state index is 0.0576. The molecule has 0 saturated heterocycles.